The van der Waals surface area contributed by atoms with Crippen LogP contribution in [0.4, 0.5) is 5.69 Å². The van der Waals surface area contributed by atoms with Gasteiger partial charge in [0.2, 0.25) is 5.88 Å². The Labute approximate surface area is 138 Å². The fraction of sp³-hybridized carbons (Fsp3) is 0.667. The summed E-state index contributed by atoms with van der Waals surface area (Å²) in [6, 6.07) is 3.65. The van der Waals surface area contributed by atoms with Crippen LogP contribution >= 0.6 is 0 Å². The molecule has 0 spiro atoms. The molecule has 5 heteroatoms. The van der Waals surface area contributed by atoms with Crippen molar-refractivity contribution in [1.29, 1.82) is 0 Å². The maximum absolute atomic E-state index is 12.8. The highest BCUT2D eigenvalue weighted by atomic mass is 16.5. The minimum Gasteiger partial charge on any atom is -0.478 e. The highest BCUT2D eigenvalue weighted by Gasteiger charge is 2.40. The smallest absolute Gasteiger partial charge is 0.256 e. The highest BCUT2D eigenvalue weighted by Crippen LogP contribution is 2.33. The Balaban J connectivity index is 2.09. The van der Waals surface area contributed by atoms with Crippen molar-refractivity contribution in [2.24, 2.45) is 0 Å². The molecule has 0 aliphatic heterocycles. The predicted octanol–water partition coefficient (Wildman–Crippen LogP) is 3.86. The Kier molecular flexibility index (Phi) is 6.39. The molecule has 0 unspecified atom stereocenters. The van der Waals surface area contributed by atoms with E-state index in [1.165, 1.54) is 6.42 Å². The van der Waals surface area contributed by atoms with Crippen molar-refractivity contribution in [3.05, 3.63) is 17.8 Å². The number of nitrogens with one attached hydrogen (secondary N) is 1. The van der Waals surface area contributed by atoms with Crippen LogP contribution in [0.1, 0.15) is 58.1 Å². The quantitative estimate of drug-likeness (QED) is 0.829. The molecule has 1 fully saturated rings. The van der Waals surface area contributed by atoms with Crippen LogP contribution in [0.3, 0.4) is 0 Å². The summed E-state index contributed by atoms with van der Waals surface area (Å²) < 4.78 is 11.4. The number of pyridine rings is 1. The van der Waals surface area contributed by atoms with Gasteiger partial charge >= 0.3 is 0 Å². The number of nitrogens with zero attached hydrogens (tertiary/aromatic N) is 1. The number of carbonyl (C=O) groups excluding carboxylic acids is 1. The summed E-state index contributed by atoms with van der Waals surface area (Å²) in [5.41, 5.74) is 0.800. The van der Waals surface area contributed by atoms with E-state index in [0.717, 1.165) is 43.5 Å². The first-order valence-corrected chi connectivity index (χ1v) is 8.67. The highest BCUT2D eigenvalue weighted by molar-refractivity contribution is 5.97. The van der Waals surface area contributed by atoms with Gasteiger partial charge in [0.15, 0.2) is 0 Å². The van der Waals surface area contributed by atoms with E-state index in [1.807, 2.05) is 19.9 Å². The number of aromatic nitrogens is 1. The van der Waals surface area contributed by atoms with E-state index in [9.17, 15) is 4.79 Å². The third kappa shape index (κ3) is 4.44. The van der Waals surface area contributed by atoms with E-state index < -0.39 is 5.60 Å². The second-order valence-corrected chi connectivity index (χ2v) is 6.07. The zero-order chi connectivity index (χ0) is 16.7. The van der Waals surface area contributed by atoms with Crippen LogP contribution in [0.2, 0.25) is 0 Å². The molecular weight excluding hydrogens is 292 g/mol. The van der Waals surface area contributed by atoms with Crippen molar-refractivity contribution >= 4 is 11.6 Å². The molecule has 23 heavy (non-hydrogen) atoms. The monoisotopic (exact) mass is 320 g/mol. The molecular formula is C18H28N2O3. The molecule has 0 radical (unpaired) electrons. The molecule has 2 rings (SSSR count). The second-order valence-electron chi connectivity index (χ2n) is 6.07. The molecule has 0 bridgehead atoms. The van der Waals surface area contributed by atoms with Crippen LogP contribution in [0, 0.1) is 6.92 Å². The number of ether oxygens (including phenoxy) is 2. The summed E-state index contributed by atoms with van der Waals surface area (Å²) in [4.78, 5) is 17.2. The van der Waals surface area contributed by atoms with Crippen molar-refractivity contribution in [1.82, 2.24) is 4.98 Å². The van der Waals surface area contributed by atoms with Gasteiger partial charge in [-0.3, -0.25) is 4.79 Å². The van der Waals surface area contributed by atoms with Crippen molar-refractivity contribution in [2.75, 3.05) is 18.5 Å². The fourth-order valence-corrected chi connectivity index (χ4v) is 3.03. The molecule has 128 valence electrons. The largest absolute Gasteiger partial charge is 0.478 e. The summed E-state index contributed by atoms with van der Waals surface area (Å²) in [5.74, 6) is 0.547. The Morgan fingerprint density at radius 2 is 2.00 bits per heavy atom. The average Bonchev–Trinajstić information content (AvgIpc) is 2.56. The summed E-state index contributed by atoms with van der Waals surface area (Å²) in [5, 5.41) is 3.01. The van der Waals surface area contributed by atoms with E-state index >= 15 is 0 Å². The van der Waals surface area contributed by atoms with Crippen LogP contribution < -0.4 is 10.1 Å². The maximum Gasteiger partial charge on any atom is 0.256 e. The van der Waals surface area contributed by atoms with Gasteiger partial charge in [-0.15, -0.1) is 0 Å². The van der Waals surface area contributed by atoms with Gasteiger partial charge < -0.3 is 14.8 Å². The molecule has 5 nitrogen and oxygen atoms in total. The summed E-state index contributed by atoms with van der Waals surface area (Å²) in [7, 11) is 0. The van der Waals surface area contributed by atoms with Crippen LogP contribution in [-0.4, -0.2) is 29.7 Å². The summed E-state index contributed by atoms with van der Waals surface area (Å²) >= 11 is 0. The van der Waals surface area contributed by atoms with Gasteiger partial charge in [0.1, 0.15) is 5.60 Å². The number of rotatable bonds is 7. The molecule has 0 saturated heterocycles. The maximum atomic E-state index is 12.8. The summed E-state index contributed by atoms with van der Waals surface area (Å²) in [6.45, 7) is 7.07. The first-order chi connectivity index (χ1) is 11.1. The van der Waals surface area contributed by atoms with E-state index in [0.29, 0.717) is 19.1 Å². The lowest BCUT2D eigenvalue weighted by Crippen LogP contribution is -2.47. The Bertz CT molecular complexity index is 519. The molecule has 1 heterocycles. The minimum atomic E-state index is -0.684. The fourth-order valence-electron chi connectivity index (χ4n) is 3.03. The first kappa shape index (κ1) is 17.7. The average molecular weight is 320 g/mol. The van der Waals surface area contributed by atoms with Gasteiger partial charge in [-0.25, -0.2) is 4.98 Å². The molecule has 1 N–H and O–H groups in total. The van der Waals surface area contributed by atoms with E-state index in [4.69, 9.17) is 9.47 Å². The van der Waals surface area contributed by atoms with Gasteiger partial charge in [-0.2, -0.15) is 0 Å². The van der Waals surface area contributed by atoms with Crippen molar-refractivity contribution < 1.29 is 14.3 Å². The van der Waals surface area contributed by atoms with Gasteiger partial charge in [-0.05, 0) is 39.2 Å². The van der Waals surface area contributed by atoms with Crippen LogP contribution in [0.25, 0.3) is 0 Å². The molecule has 0 atom stereocenters. The zero-order valence-corrected chi connectivity index (χ0v) is 14.5. The summed E-state index contributed by atoms with van der Waals surface area (Å²) in [6.07, 6.45) is 5.76. The normalized spacial score (nSPS) is 16.8. The van der Waals surface area contributed by atoms with Gasteiger partial charge in [0, 0.05) is 12.7 Å². The Hall–Kier alpha value is -1.62. The second kappa shape index (κ2) is 8.29. The molecule has 1 aromatic heterocycles. The molecule has 1 saturated carbocycles. The van der Waals surface area contributed by atoms with E-state index in [1.54, 1.807) is 6.07 Å². The zero-order valence-electron chi connectivity index (χ0n) is 14.5. The standard InChI is InChI=1S/C18H28N2O3/c1-4-13-22-16-10-9-15(14(3)19-16)20-17(21)18(23-5-2)11-7-6-8-12-18/h9-10H,4-8,11-13H2,1-3H3,(H,20,21). The van der Waals surface area contributed by atoms with Crippen molar-refractivity contribution in [3.63, 3.8) is 0 Å². The molecule has 1 amide bonds. The molecule has 0 aromatic carbocycles. The lowest BCUT2D eigenvalue weighted by molar-refractivity contribution is -0.145. The minimum absolute atomic E-state index is 0.0498. The Morgan fingerprint density at radius 1 is 1.26 bits per heavy atom. The van der Waals surface area contributed by atoms with Crippen molar-refractivity contribution in [3.8, 4) is 5.88 Å². The Morgan fingerprint density at radius 3 is 2.61 bits per heavy atom. The van der Waals surface area contributed by atoms with E-state index in [2.05, 4.69) is 17.2 Å². The first-order valence-electron chi connectivity index (χ1n) is 8.67. The molecule has 1 aliphatic carbocycles. The third-order valence-electron chi connectivity index (χ3n) is 4.26. The SMILES string of the molecule is CCCOc1ccc(NC(=O)C2(OCC)CCCCC2)c(C)n1. The number of carbonyl (C=O) groups is 1. The topological polar surface area (TPSA) is 60.5 Å². The number of aryl methyl sites for hydroxylation is 1. The number of anilines is 1. The van der Waals surface area contributed by atoms with Gasteiger partial charge in [0.25, 0.3) is 5.91 Å². The van der Waals surface area contributed by atoms with Crippen LogP contribution in [0.15, 0.2) is 12.1 Å². The lowest BCUT2D eigenvalue weighted by atomic mass is 9.83. The number of amides is 1. The number of hydrogen-bond acceptors (Lipinski definition) is 4. The lowest BCUT2D eigenvalue weighted by Gasteiger charge is -2.35. The van der Waals surface area contributed by atoms with Crippen LogP contribution in [-0.2, 0) is 9.53 Å². The third-order valence-corrected chi connectivity index (χ3v) is 4.26. The number of hydrogen-bond donors (Lipinski definition) is 1. The molecule has 1 aromatic rings. The van der Waals surface area contributed by atoms with Gasteiger partial charge in [-0.1, -0.05) is 26.2 Å². The van der Waals surface area contributed by atoms with Crippen LogP contribution in [0.5, 0.6) is 5.88 Å². The predicted molar refractivity (Wildman–Crippen MR) is 90.8 cm³/mol. The van der Waals surface area contributed by atoms with Gasteiger partial charge in [0.05, 0.1) is 18.0 Å². The van der Waals surface area contributed by atoms with E-state index in [-0.39, 0.29) is 5.91 Å². The molecule has 1 aliphatic rings. The van der Waals surface area contributed by atoms with Crippen molar-refractivity contribution in [2.45, 2.75) is 64.9 Å².